The fourth-order valence-corrected chi connectivity index (χ4v) is 10.1. The highest BCUT2D eigenvalue weighted by Crippen LogP contribution is 2.23. The molecule has 1 amide bonds. The molecule has 0 bridgehead atoms. The highest BCUT2D eigenvalue weighted by Gasteiger charge is 2.44. The Bertz CT molecular complexity index is 1430. The Morgan fingerprint density at radius 1 is 0.462 bits per heavy atom. The lowest BCUT2D eigenvalue weighted by molar-refractivity contribution is -0.302. The third-order valence-electron chi connectivity index (χ3n) is 15.4. The molecule has 1 saturated heterocycles. The van der Waals surface area contributed by atoms with E-state index in [1.165, 1.54) is 205 Å². The van der Waals surface area contributed by atoms with Crippen molar-refractivity contribution in [1.82, 2.24) is 5.32 Å². The second-order valence-corrected chi connectivity index (χ2v) is 22.8. The second kappa shape index (κ2) is 56.5. The van der Waals surface area contributed by atoms with Crippen molar-refractivity contribution < 1.29 is 49.3 Å². The average molecular weight is 1100 g/mol. The van der Waals surface area contributed by atoms with E-state index in [1.807, 2.05) is 6.08 Å². The monoisotopic (exact) mass is 1100 g/mol. The molecule has 0 aliphatic carbocycles. The third-order valence-corrected chi connectivity index (χ3v) is 15.4. The molecule has 1 fully saturated rings. The van der Waals surface area contributed by atoms with Crippen molar-refractivity contribution in [3.05, 3.63) is 48.6 Å². The van der Waals surface area contributed by atoms with Crippen molar-refractivity contribution >= 4 is 11.9 Å². The van der Waals surface area contributed by atoms with E-state index < -0.39 is 49.5 Å². The van der Waals surface area contributed by atoms with Crippen molar-refractivity contribution in [2.24, 2.45) is 0 Å². The zero-order valence-corrected chi connectivity index (χ0v) is 50.4. The maximum absolute atomic E-state index is 13.0. The molecule has 78 heavy (non-hydrogen) atoms. The summed E-state index contributed by atoms with van der Waals surface area (Å²) in [5.41, 5.74) is 0. The molecule has 0 aromatic carbocycles. The molecule has 11 nitrogen and oxygen atoms in total. The van der Waals surface area contributed by atoms with Gasteiger partial charge in [0, 0.05) is 12.8 Å². The number of hydrogen-bond donors (Lipinski definition) is 6. The van der Waals surface area contributed by atoms with Crippen LogP contribution in [-0.2, 0) is 23.8 Å². The minimum Gasteiger partial charge on any atom is -0.466 e. The van der Waals surface area contributed by atoms with Crippen LogP contribution < -0.4 is 5.32 Å². The van der Waals surface area contributed by atoms with Crippen LogP contribution in [-0.4, -0.2) is 100 Å². The number of unbranched alkanes of at least 4 members (excludes halogenated alkanes) is 37. The van der Waals surface area contributed by atoms with E-state index in [-0.39, 0.29) is 18.5 Å². The van der Waals surface area contributed by atoms with Crippen LogP contribution in [0.5, 0.6) is 0 Å². The number of ether oxygens (including phenoxy) is 3. The van der Waals surface area contributed by atoms with Crippen LogP contribution in [0.2, 0.25) is 0 Å². The van der Waals surface area contributed by atoms with Gasteiger partial charge in [0.05, 0.1) is 32.0 Å². The minimum absolute atomic E-state index is 0.00262. The van der Waals surface area contributed by atoms with Gasteiger partial charge in [-0.2, -0.15) is 0 Å². The lowest BCUT2D eigenvalue weighted by Crippen LogP contribution is -2.60. The summed E-state index contributed by atoms with van der Waals surface area (Å²) >= 11 is 0. The normalized spacial score (nSPS) is 18.8. The largest absolute Gasteiger partial charge is 0.466 e. The van der Waals surface area contributed by atoms with Crippen LogP contribution in [0.1, 0.15) is 303 Å². The van der Waals surface area contributed by atoms with Gasteiger partial charge >= 0.3 is 5.97 Å². The van der Waals surface area contributed by atoms with Crippen molar-refractivity contribution in [2.45, 2.75) is 346 Å². The Morgan fingerprint density at radius 3 is 1.29 bits per heavy atom. The Balaban J connectivity index is 1.96. The number of aliphatic hydroxyl groups excluding tert-OH is 5. The SMILES string of the molecule is CCCCC/C=C/CC/C=C/C(O)C(COC1OC(CO)C(O)C(O)C1O)NC(=O)CCCCCCCCCC/C=C\CCCCCCCCCCCCCCOC(=O)CCCCCCCCC/C=C\CCCCCCCC. The number of carbonyl (C=O) groups is 2. The van der Waals surface area contributed by atoms with E-state index in [0.29, 0.717) is 19.4 Å². The summed E-state index contributed by atoms with van der Waals surface area (Å²) in [6.45, 7) is 4.28. The predicted molar refractivity (Wildman–Crippen MR) is 324 cm³/mol. The molecule has 0 spiro atoms. The van der Waals surface area contributed by atoms with Gasteiger partial charge in [-0.15, -0.1) is 0 Å². The maximum atomic E-state index is 13.0. The van der Waals surface area contributed by atoms with Gasteiger partial charge in [0.25, 0.3) is 0 Å². The number of rotatable bonds is 57. The molecule has 7 atom stereocenters. The standard InChI is InChI=1S/C67H123NO10/c1-3-5-7-9-11-13-14-15-16-25-29-32-35-39-43-47-51-55-63(72)76-56-52-48-44-40-36-33-30-27-24-22-20-18-17-19-21-23-26-28-31-34-38-42-46-50-54-62(71)68-59(60(70)53-49-45-41-37-12-10-8-6-4-2)58-77-67-66(75)65(74)64(73)61(57-69)78-67/h12,15-16,19,21,37,49,53,59-61,64-67,69-70,73-75H,3-11,13-14,17-18,20,22-36,38-48,50-52,54-58H2,1-2H3,(H,68,71)/b16-15-,21-19-,37-12+,53-49+. The zero-order chi connectivity index (χ0) is 56.6. The highest BCUT2D eigenvalue weighted by atomic mass is 16.7. The second-order valence-electron chi connectivity index (χ2n) is 22.8. The van der Waals surface area contributed by atoms with Gasteiger partial charge in [0.1, 0.15) is 24.4 Å². The van der Waals surface area contributed by atoms with Gasteiger partial charge in [-0.05, 0) is 96.3 Å². The first-order valence-electron chi connectivity index (χ1n) is 32.9. The molecule has 0 saturated carbocycles. The molecule has 1 heterocycles. The van der Waals surface area contributed by atoms with E-state index in [1.54, 1.807) is 6.08 Å². The van der Waals surface area contributed by atoms with Gasteiger partial charge in [-0.3, -0.25) is 9.59 Å². The number of nitrogens with one attached hydrogen (secondary N) is 1. The fourth-order valence-electron chi connectivity index (χ4n) is 10.1. The number of allylic oxidation sites excluding steroid dienone is 7. The van der Waals surface area contributed by atoms with Gasteiger partial charge in [0.2, 0.25) is 5.91 Å². The van der Waals surface area contributed by atoms with Crippen LogP contribution in [0, 0.1) is 0 Å². The molecular formula is C67H123NO10. The molecule has 11 heteroatoms. The number of carbonyl (C=O) groups excluding carboxylic acids is 2. The van der Waals surface area contributed by atoms with Crippen LogP contribution in [0.4, 0.5) is 0 Å². The average Bonchev–Trinajstić information content (AvgIpc) is 3.44. The molecule has 1 aliphatic rings. The zero-order valence-electron chi connectivity index (χ0n) is 50.4. The number of hydrogen-bond acceptors (Lipinski definition) is 10. The summed E-state index contributed by atoms with van der Waals surface area (Å²) in [5.74, 6) is -0.202. The van der Waals surface area contributed by atoms with Gasteiger partial charge in [-0.25, -0.2) is 0 Å². The topological polar surface area (TPSA) is 175 Å². The quantitative estimate of drug-likeness (QED) is 0.0195. The van der Waals surface area contributed by atoms with E-state index >= 15 is 0 Å². The van der Waals surface area contributed by atoms with E-state index in [2.05, 4.69) is 55.6 Å². The molecule has 7 unspecified atom stereocenters. The van der Waals surface area contributed by atoms with E-state index in [4.69, 9.17) is 14.2 Å². The molecule has 6 N–H and O–H groups in total. The van der Waals surface area contributed by atoms with E-state index in [9.17, 15) is 35.1 Å². The fraction of sp³-hybridized carbons (Fsp3) is 0.851. The van der Waals surface area contributed by atoms with Gasteiger partial charge in [-0.1, -0.05) is 242 Å². The van der Waals surface area contributed by atoms with Crippen molar-refractivity contribution in [2.75, 3.05) is 19.8 Å². The van der Waals surface area contributed by atoms with Crippen LogP contribution in [0.15, 0.2) is 48.6 Å². The maximum Gasteiger partial charge on any atom is 0.305 e. The first-order chi connectivity index (χ1) is 38.2. The Hall–Kier alpha value is -2.38. The van der Waals surface area contributed by atoms with Gasteiger partial charge < -0.3 is 45.1 Å². The Labute approximate surface area is 478 Å². The summed E-state index contributed by atoms with van der Waals surface area (Å²) in [7, 11) is 0. The summed E-state index contributed by atoms with van der Waals surface area (Å²) < 4.78 is 16.7. The molecular weight excluding hydrogens is 979 g/mol. The smallest absolute Gasteiger partial charge is 0.305 e. The summed E-state index contributed by atoms with van der Waals surface area (Å²) in [4.78, 5) is 25.1. The Morgan fingerprint density at radius 2 is 0.833 bits per heavy atom. The van der Waals surface area contributed by atoms with Gasteiger partial charge in [0.15, 0.2) is 6.29 Å². The number of amides is 1. The highest BCUT2D eigenvalue weighted by molar-refractivity contribution is 5.76. The summed E-state index contributed by atoms with van der Waals surface area (Å²) in [6, 6.07) is -0.830. The third kappa shape index (κ3) is 45.3. The number of aliphatic hydroxyl groups is 5. The van der Waals surface area contributed by atoms with E-state index in [0.717, 1.165) is 70.6 Å². The number of esters is 1. The van der Waals surface area contributed by atoms with Crippen molar-refractivity contribution in [3.8, 4) is 0 Å². The van der Waals surface area contributed by atoms with Crippen molar-refractivity contribution in [3.63, 3.8) is 0 Å². The molecule has 456 valence electrons. The molecule has 0 aromatic heterocycles. The van der Waals surface area contributed by atoms with Crippen LogP contribution in [0.3, 0.4) is 0 Å². The molecule has 0 radical (unpaired) electrons. The molecule has 0 aromatic rings. The lowest BCUT2D eigenvalue weighted by atomic mass is 9.99. The summed E-state index contributed by atoms with van der Waals surface area (Å²) in [6.07, 6.45) is 62.5. The summed E-state index contributed by atoms with van der Waals surface area (Å²) in [5, 5.41) is 54.2. The Kier molecular flexibility index (Phi) is 53.3. The van der Waals surface area contributed by atoms with Crippen LogP contribution >= 0.6 is 0 Å². The molecule has 1 rings (SSSR count). The lowest BCUT2D eigenvalue weighted by Gasteiger charge is -2.40. The first-order valence-corrected chi connectivity index (χ1v) is 32.9. The predicted octanol–water partition coefficient (Wildman–Crippen LogP) is 16.0. The van der Waals surface area contributed by atoms with Crippen LogP contribution in [0.25, 0.3) is 0 Å². The van der Waals surface area contributed by atoms with Crippen molar-refractivity contribution in [1.29, 1.82) is 0 Å². The molecule has 1 aliphatic heterocycles. The minimum atomic E-state index is -1.58. The first kappa shape index (κ1) is 73.6.